The molecule has 0 bridgehead atoms. The molecule has 1 aliphatic carbocycles. The third-order valence-electron chi connectivity index (χ3n) is 6.29. The number of ether oxygens (including phenoxy) is 1. The summed E-state index contributed by atoms with van der Waals surface area (Å²) in [5.41, 5.74) is 2.66. The zero-order valence-electron chi connectivity index (χ0n) is 22.6. The number of benzene rings is 3. The van der Waals surface area contributed by atoms with Crippen LogP contribution in [0.25, 0.3) is 33.4 Å². The lowest BCUT2D eigenvalue weighted by Crippen LogP contribution is -2.32. The van der Waals surface area contributed by atoms with Gasteiger partial charge in [-0.3, -0.25) is 9.59 Å². The third-order valence-corrected chi connectivity index (χ3v) is 9.18. The Bertz CT molecular complexity index is 1840. The summed E-state index contributed by atoms with van der Waals surface area (Å²) >= 11 is 19.0. The number of thiocarbonyl (C=S) groups is 1. The molecule has 4 rings (SSSR count). The van der Waals surface area contributed by atoms with Crippen LogP contribution in [0.1, 0.15) is 23.7 Å². The zero-order chi connectivity index (χ0) is 31.6. The van der Waals surface area contributed by atoms with Crippen molar-refractivity contribution in [1.82, 2.24) is 10.6 Å². The zero-order valence-corrected chi connectivity index (χ0v) is 29.8. The summed E-state index contributed by atoms with van der Waals surface area (Å²) < 4.78 is 12.3. The number of amides is 1. The Balaban J connectivity index is 1.83. The van der Waals surface area contributed by atoms with E-state index in [1.54, 1.807) is 37.3 Å². The molecule has 2 aromatic rings. The van der Waals surface area contributed by atoms with Crippen LogP contribution in [0.2, 0.25) is 0 Å². The van der Waals surface area contributed by atoms with Crippen LogP contribution in [0, 0.1) is 0 Å². The number of phenolic OH excluding ortho intramolecular Hbond substituents is 1. The van der Waals surface area contributed by atoms with E-state index in [4.69, 9.17) is 21.4 Å². The van der Waals surface area contributed by atoms with Crippen molar-refractivity contribution in [2.75, 3.05) is 25.5 Å². The van der Waals surface area contributed by atoms with Crippen LogP contribution in [0.5, 0.6) is 5.75 Å². The van der Waals surface area contributed by atoms with Crippen LogP contribution in [-0.2, 0) is 9.53 Å². The van der Waals surface area contributed by atoms with Gasteiger partial charge in [0.1, 0.15) is 14.7 Å². The van der Waals surface area contributed by atoms with Crippen molar-refractivity contribution in [3.05, 3.63) is 76.2 Å². The fraction of sp³-hybridized carbons (Fsp3) is 0.172. The number of carbonyl (C=O) groups excluding carboxylic acids is 2. The smallest absolute Gasteiger partial charge is 0.338 e. The predicted octanol–water partition coefficient (Wildman–Crippen LogP) is 7.48. The van der Waals surface area contributed by atoms with Crippen molar-refractivity contribution >= 4 is 110 Å². The summed E-state index contributed by atoms with van der Waals surface area (Å²) in [7, 11) is 1.29. The van der Waals surface area contributed by atoms with E-state index in [2.05, 4.69) is 86.2 Å². The fourth-order valence-electron chi connectivity index (χ4n) is 4.22. The molecule has 0 atom stereocenters. The Labute approximate surface area is 285 Å². The van der Waals surface area contributed by atoms with Crippen LogP contribution in [0.3, 0.4) is 0 Å². The Kier molecular flexibility index (Phi) is 10.7. The first-order valence-electron chi connectivity index (χ1n) is 12.5. The molecule has 0 fully saturated rings. The van der Waals surface area contributed by atoms with E-state index in [0.717, 1.165) is 0 Å². The molecule has 1 heterocycles. The van der Waals surface area contributed by atoms with E-state index in [9.17, 15) is 19.5 Å². The Morgan fingerprint density at radius 1 is 1.02 bits per heavy atom. The van der Waals surface area contributed by atoms with Gasteiger partial charge in [-0.05, 0) is 125 Å². The highest BCUT2D eigenvalue weighted by molar-refractivity contribution is 9.11. The minimum absolute atomic E-state index is 0.101. The van der Waals surface area contributed by atoms with E-state index >= 15 is 0 Å². The summed E-state index contributed by atoms with van der Waals surface area (Å²) in [4.78, 5) is 37.5. The molecule has 9 nitrogen and oxygen atoms in total. The number of hydrogen-bond donors (Lipinski definition) is 4. The molecule has 43 heavy (non-hydrogen) atoms. The summed E-state index contributed by atoms with van der Waals surface area (Å²) in [5.74, 6) is -0.677. The molecular weight excluding hydrogens is 838 g/mol. The number of phenols is 1. The highest BCUT2D eigenvalue weighted by Gasteiger charge is 2.28. The van der Waals surface area contributed by atoms with Crippen molar-refractivity contribution in [3.63, 3.8) is 0 Å². The first-order chi connectivity index (χ1) is 20.3. The minimum atomic E-state index is -0.586. The normalized spacial score (nSPS) is 10.9. The number of esters is 1. The number of fused-ring (bicyclic) bond motifs is 2. The Hall–Kier alpha value is -2.78. The standard InChI is InChI=1S/C29H23Br4N3O6S/c1-12(2)27(39)34-7-4-8-35-29(43)36-13-5-6-14(28(40)41-3)15(9-13)20-16-10-18(30)23(37)21(32)25(16)42-26-17(20)11-19(31)24(38)22(26)33/h5-6,9-11,37H,1,4,7-8H2,2-3H3,(H,34,39)(H2,35,36,43). The van der Waals surface area contributed by atoms with E-state index in [-0.39, 0.29) is 47.4 Å². The van der Waals surface area contributed by atoms with Gasteiger partial charge in [-0.2, -0.15) is 0 Å². The summed E-state index contributed by atoms with van der Waals surface area (Å²) in [6.45, 7) is 6.20. The average Bonchev–Trinajstić information content (AvgIpc) is 2.97. The molecule has 0 saturated carbocycles. The number of carbonyl (C=O) groups is 2. The second-order valence-corrected chi connectivity index (χ2v) is 13.0. The first kappa shape index (κ1) is 33.1. The lowest BCUT2D eigenvalue weighted by molar-refractivity contribution is -0.117. The molecule has 4 N–H and O–H groups in total. The van der Waals surface area contributed by atoms with Gasteiger partial charge in [-0.25, -0.2) is 4.79 Å². The number of hydrogen-bond acceptors (Lipinski definition) is 7. The monoisotopic (exact) mass is 857 g/mol. The van der Waals surface area contributed by atoms with Gasteiger partial charge in [0, 0.05) is 40.9 Å². The Morgan fingerprint density at radius 2 is 1.72 bits per heavy atom. The van der Waals surface area contributed by atoms with E-state index in [1.165, 1.54) is 7.11 Å². The number of nitrogens with one attached hydrogen (secondary N) is 3. The van der Waals surface area contributed by atoms with Crippen LogP contribution >= 0.6 is 75.9 Å². The summed E-state index contributed by atoms with van der Waals surface area (Å²) in [6, 6.07) is 8.32. The van der Waals surface area contributed by atoms with Gasteiger partial charge in [0.25, 0.3) is 0 Å². The number of rotatable bonds is 8. The molecular formula is C29H23Br4N3O6S. The molecule has 2 aromatic carbocycles. The number of aromatic hydroxyl groups is 1. The van der Waals surface area contributed by atoms with E-state index in [1.807, 2.05) is 0 Å². The molecule has 2 aliphatic rings. The largest absolute Gasteiger partial charge is 0.505 e. The first-order valence-corrected chi connectivity index (χ1v) is 16.1. The van der Waals surface area contributed by atoms with Gasteiger partial charge >= 0.3 is 5.97 Å². The van der Waals surface area contributed by atoms with Crippen molar-refractivity contribution < 1.29 is 23.8 Å². The SMILES string of the molecule is C=C(C)C(=O)NCCCNC(=S)Nc1ccc(C(=O)OC)c(-c2c3cc(Br)c(=O)c(Br)c-3oc3c(Br)c(O)c(Br)cc23)c1. The lowest BCUT2D eigenvalue weighted by atomic mass is 9.90. The lowest BCUT2D eigenvalue weighted by Gasteiger charge is -2.20. The van der Waals surface area contributed by atoms with Crippen LogP contribution in [-0.4, -0.2) is 42.3 Å². The molecule has 0 saturated heterocycles. The molecule has 1 amide bonds. The van der Waals surface area contributed by atoms with Gasteiger partial charge in [-0.1, -0.05) is 6.58 Å². The average molecular weight is 861 g/mol. The van der Waals surface area contributed by atoms with Gasteiger partial charge in [0.2, 0.25) is 11.3 Å². The van der Waals surface area contributed by atoms with Crippen molar-refractivity contribution in [3.8, 4) is 28.2 Å². The highest BCUT2D eigenvalue weighted by Crippen LogP contribution is 2.49. The Morgan fingerprint density at radius 3 is 2.40 bits per heavy atom. The molecule has 0 aromatic heterocycles. The van der Waals surface area contributed by atoms with Gasteiger partial charge in [0.15, 0.2) is 16.5 Å². The molecule has 224 valence electrons. The quantitative estimate of drug-likeness (QED) is 0.0469. The second kappa shape index (κ2) is 13.9. The van der Waals surface area contributed by atoms with Crippen molar-refractivity contribution in [2.24, 2.45) is 0 Å². The van der Waals surface area contributed by atoms with Crippen LogP contribution in [0.15, 0.2) is 69.6 Å². The van der Waals surface area contributed by atoms with E-state index in [0.29, 0.717) is 62.4 Å². The maximum atomic E-state index is 13.0. The van der Waals surface area contributed by atoms with Crippen molar-refractivity contribution in [1.29, 1.82) is 0 Å². The fourth-order valence-corrected chi connectivity index (χ4v) is 6.84. The number of methoxy groups -OCH3 is 1. The molecule has 0 spiro atoms. The number of halogens is 4. The highest BCUT2D eigenvalue weighted by atomic mass is 79.9. The van der Waals surface area contributed by atoms with Gasteiger partial charge in [0.05, 0.1) is 21.6 Å². The number of anilines is 1. The minimum Gasteiger partial charge on any atom is -0.505 e. The van der Waals surface area contributed by atoms with Crippen LogP contribution < -0.4 is 21.4 Å². The van der Waals surface area contributed by atoms with Crippen LogP contribution in [0.4, 0.5) is 5.69 Å². The third kappa shape index (κ3) is 6.98. The molecule has 0 radical (unpaired) electrons. The van der Waals surface area contributed by atoms with Crippen molar-refractivity contribution in [2.45, 2.75) is 13.3 Å². The topological polar surface area (TPSA) is 130 Å². The predicted molar refractivity (Wildman–Crippen MR) is 185 cm³/mol. The van der Waals surface area contributed by atoms with Gasteiger partial charge in [-0.15, -0.1) is 0 Å². The summed E-state index contributed by atoms with van der Waals surface area (Å²) in [6.07, 6.45) is 0.626. The van der Waals surface area contributed by atoms with Gasteiger partial charge < -0.3 is 30.2 Å². The second-order valence-electron chi connectivity index (χ2n) is 9.28. The maximum absolute atomic E-state index is 13.0. The summed E-state index contributed by atoms with van der Waals surface area (Å²) in [5, 5.41) is 20.5. The molecule has 1 aliphatic heterocycles. The molecule has 0 unspecified atom stereocenters. The van der Waals surface area contributed by atoms with E-state index < -0.39 is 5.97 Å². The molecule has 14 heteroatoms. The maximum Gasteiger partial charge on any atom is 0.338 e.